The topological polar surface area (TPSA) is 49.8 Å². The molecule has 1 heterocycles. The zero-order chi connectivity index (χ0) is 14.4. The van der Waals surface area contributed by atoms with Crippen LogP contribution >= 0.6 is 0 Å². The van der Waals surface area contributed by atoms with E-state index in [9.17, 15) is 4.79 Å². The first-order valence-electron chi connectivity index (χ1n) is 7.29. The van der Waals surface area contributed by atoms with Crippen molar-refractivity contribution in [3.63, 3.8) is 0 Å². The molecule has 0 radical (unpaired) electrons. The van der Waals surface area contributed by atoms with Crippen LogP contribution in [0.25, 0.3) is 0 Å². The number of carbonyl (C=O) groups is 1. The molecule has 4 heteroatoms. The van der Waals surface area contributed by atoms with Gasteiger partial charge in [0.2, 0.25) is 0 Å². The van der Waals surface area contributed by atoms with Crippen LogP contribution in [0.1, 0.15) is 31.2 Å². The molecule has 1 aliphatic rings. The van der Waals surface area contributed by atoms with E-state index in [2.05, 4.69) is 11.9 Å². The maximum Gasteiger partial charge on any atom is 0.303 e. The van der Waals surface area contributed by atoms with Crippen LogP contribution < -0.4 is 4.74 Å². The van der Waals surface area contributed by atoms with Crippen molar-refractivity contribution >= 4 is 5.97 Å². The summed E-state index contributed by atoms with van der Waals surface area (Å²) >= 11 is 0. The van der Waals surface area contributed by atoms with Gasteiger partial charge in [-0.25, -0.2) is 0 Å². The Hall–Kier alpha value is -1.55. The third-order valence-electron chi connectivity index (χ3n) is 3.75. The first-order valence-corrected chi connectivity index (χ1v) is 7.29. The lowest BCUT2D eigenvalue weighted by Crippen LogP contribution is -2.35. The Morgan fingerprint density at radius 1 is 1.30 bits per heavy atom. The van der Waals surface area contributed by atoms with Gasteiger partial charge in [0, 0.05) is 19.5 Å². The zero-order valence-corrected chi connectivity index (χ0v) is 12.0. The van der Waals surface area contributed by atoms with Crippen LogP contribution in [0.5, 0.6) is 5.75 Å². The summed E-state index contributed by atoms with van der Waals surface area (Å²) in [6, 6.07) is 8.06. The Morgan fingerprint density at radius 3 is 2.55 bits per heavy atom. The number of hydrogen-bond acceptors (Lipinski definition) is 3. The van der Waals surface area contributed by atoms with Crippen molar-refractivity contribution in [2.24, 2.45) is 0 Å². The molecule has 0 unspecified atom stereocenters. The Kier molecular flexibility index (Phi) is 5.41. The number of rotatable bonds is 6. The van der Waals surface area contributed by atoms with E-state index in [4.69, 9.17) is 9.84 Å². The average molecular weight is 277 g/mol. The lowest BCUT2D eigenvalue weighted by Gasteiger charge is -2.29. The summed E-state index contributed by atoms with van der Waals surface area (Å²) in [4.78, 5) is 12.8. The normalized spacial score (nSPS) is 17.1. The number of aryl methyl sites for hydroxylation is 1. The molecule has 110 valence electrons. The smallest absolute Gasteiger partial charge is 0.303 e. The SMILES string of the molecule is CN1CCC(Oc2ccc(CCCC(=O)O)cc2)CC1. The zero-order valence-electron chi connectivity index (χ0n) is 12.0. The van der Waals surface area contributed by atoms with Crippen molar-refractivity contribution in [2.45, 2.75) is 38.2 Å². The number of likely N-dealkylation sites (tertiary alicyclic amines) is 1. The van der Waals surface area contributed by atoms with E-state index in [0.29, 0.717) is 12.5 Å². The van der Waals surface area contributed by atoms with Crippen LogP contribution in [-0.4, -0.2) is 42.2 Å². The third-order valence-corrected chi connectivity index (χ3v) is 3.75. The summed E-state index contributed by atoms with van der Waals surface area (Å²) in [6.45, 7) is 2.19. The summed E-state index contributed by atoms with van der Waals surface area (Å²) in [5, 5.41) is 8.61. The molecule has 1 saturated heterocycles. The van der Waals surface area contributed by atoms with Gasteiger partial charge in [0.05, 0.1) is 0 Å². The molecule has 1 aromatic carbocycles. The maximum absolute atomic E-state index is 10.5. The Labute approximate surface area is 120 Å². The Bertz CT molecular complexity index is 422. The van der Waals surface area contributed by atoms with Gasteiger partial charge >= 0.3 is 5.97 Å². The first-order chi connectivity index (χ1) is 9.63. The number of aliphatic carboxylic acids is 1. The van der Waals surface area contributed by atoms with Crippen molar-refractivity contribution in [2.75, 3.05) is 20.1 Å². The van der Waals surface area contributed by atoms with E-state index in [1.54, 1.807) is 0 Å². The molecule has 0 atom stereocenters. The van der Waals surface area contributed by atoms with Crippen molar-refractivity contribution in [1.82, 2.24) is 4.90 Å². The predicted molar refractivity (Wildman–Crippen MR) is 78.2 cm³/mol. The molecule has 0 bridgehead atoms. The van der Waals surface area contributed by atoms with Crippen LogP contribution in [0.3, 0.4) is 0 Å². The van der Waals surface area contributed by atoms with Gasteiger partial charge in [-0.1, -0.05) is 12.1 Å². The van der Waals surface area contributed by atoms with E-state index < -0.39 is 5.97 Å². The molecule has 2 rings (SSSR count). The Morgan fingerprint density at radius 2 is 1.95 bits per heavy atom. The number of carboxylic acid groups (broad SMARTS) is 1. The lowest BCUT2D eigenvalue weighted by molar-refractivity contribution is -0.137. The van der Waals surface area contributed by atoms with E-state index in [-0.39, 0.29) is 6.42 Å². The maximum atomic E-state index is 10.5. The highest BCUT2D eigenvalue weighted by Gasteiger charge is 2.17. The average Bonchev–Trinajstić information content (AvgIpc) is 2.43. The highest BCUT2D eigenvalue weighted by molar-refractivity contribution is 5.66. The van der Waals surface area contributed by atoms with Crippen LogP contribution in [-0.2, 0) is 11.2 Å². The van der Waals surface area contributed by atoms with E-state index >= 15 is 0 Å². The highest BCUT2D eigenvalue weighted by Crippen LogP contribution is 2.19. The van der Waals surface area contributed by atoms with Gasteiger partial charge in [0.1, 0.15) is 11.9 Å². The second kappa shape index (κ2) is 7.29. The fourth-order valence-electron chi connectivity index (χ4n) is 2.47. The van der Waals surface area contributed by atoms with E-state index in [1.807, 2.05) is 24.3 Å². The molecule has 1 fully saturated rings. The number of ether oxygens (including phenoxy) is 1. The quantitative estimate of drug-likeness (QED) is 0.868. The summed E-state index contributed by atoms with van der Waals surface area (Å²) in [7, 11) is 2.14. The third kappa shape index (κ3) is 4.85. The fraction of sp³-hybridized carbons (Fsp3) is 0.562. The molecule has 4 nitrogen and oxygen atoms in total. The van der Waals surface area contributed by atoms with Crippen LogP contribution in [0, 0.1) is 0 Å². The first kappa shape index (κ1) is 14.9. The molecule has 20 heavy (non-hydrogen) atoms. The van der Waals surface area contributed by atoms with Gasteiger partial charge in [-0.05, 0) is 50.4 Å². The molecule has 1 N–H and O–H groups in total. The minimum absolute atomic E-state index is 0.230. The number of hydrogen-bond donors (Lipinski definition) is 1. The number of piperidine rings is 1. The van der Waals surface area contributed by atoms with Crippen molar-refractivity contribution in [3.05, 3.63) is 29.8 Å². The van der Waals surface area contributed by atoms with Crippen molar-refractivity contribution < 1.29 is 14.6 Å². The monoisotopic (exact) mass is 277 g/mol. The standard InChI is InChI=1S/C16H23NO3/c1-17-11-9-15(10-12-17)20-14-7-5-13(6-8-14)3-2-4-16(18)19/h5-8,15H,2-4,9-12H2,1H3,(H,18,19). The molecule has 0 aliphatic carbocycles. The fourth-order valence-corrected chi connectivity index (χ4v) is 2.47. The molecule has 0 amide bonds. The Balaban J connectivity index is 1.77. The number of benzene rings is 1. The van der Waals surface area contributed by atoms with Crippen LogP contribution in [0.2, 0.25) is 0 Å². The summed E-state index contributed by atoms with van der Waals surface area (Å²) in [5.74, 6) is 0.189. The van der Waals surface area contributed by atoms with Gasteiger partial charge in [-0.15, -0.1) is 0 Å². The molecule has 0 aromatic heterocycles. The van der Waals surface area contributed by atoms with Gasteiger partial charge < -0.3 is 14.7 Å². The van der Waals surface area contributed by atoms with E-state index in [0.717, 1.165) is 38.1 Å². The van der Waals surface area contributed by atoms with E-state index in [1.165, 1.54) is 5.56 Å². The van der Waals surface area contributed by atoms with Crippen molar-refractivity contribution in [3.8, 4) is 5.75 Å². The summed E-state index contributed by atoms with van der Waals surface area (Å²) < 4.78 is 5.98. The minimum Gasteiger partial charge on any atom is -0.490 e. The molecule has 1 aliphatic heterocycles. The van der Waals surface area contributed by atoms with Gasteiger partial charge in [-0.3, -0.25) is 4.79 Å². The van der Waals surface area contributed by atoms with Gasteiger partial charge in [0.25, 0.3) is 0 Å². The van der Waals surface area contributed by atoms with Crippen molar-refractivity contribution in [1.29, 1.82) is 0 Å². The van der Waals surface area contributed by atoms with Gasteiger partial charge in [-0.2, -0.15) is 0 Å². The summed E-state index contributed by atoms with van der Waals surface area (Å²) in [6.07, 6.45) is 4.21. The highest BCUT2D eigenvalue weighted by atomic mass is 16.5. The van der Waals surface area contributed by atoms with Crippen LogP contribution in [0.4, 0.5) is 0 Å². The molecule has 0 spiro atoms. The minimum atomic E-state index is -0.729. The molecule has 1 aromatic rings. The molecule has 0 saturated carbocycles. The molecular weight excluding hydrogens is 254 g/mol. The van der Waals surface area contributed by atoms with Gasteiger partial charge in [0.15, 0.2) is 0 Å². The number of nitrogens with zero attached hydrogens (tertiary/aromatic N) is 1. The predicted octanol–water partition coefficient (Wildman–Crippen LogP) is 2.57. The summed E-state index contributed by atoms with van der Waals surface area (Å²) in [5.41, 5.74) is 1.17. The second-order valence-electron chi connectivity index (χ2n) is 5.51. The lowest BCUT2D eigenvalue weighted by atomic mass is 10.1. The molecular formula is C16H23NO3. The second-order valence-corrected chi connectivity index (χ2v) is 5.51. The largest absolute Gasteiger partial charge is 0.490 e. The number of carboxylic acids is 1. The van der Waals surface area contributed by atoms with Crippen LogP contribution in [0.15, 0.2) is 24.3 Å².